The highest BCUT2D eigenvalue weighted by atomic mass is 19.4. The predicted molar refractivity (Wildman–Crippen MR) is 97.0 cm³/mol. The van der Waals surface area contributed by atoms with E-state index in [9.17, 15) is 31.1 Å². The second-order valence-electron chi connectivity index (χ2n) is 7.18. The van der Waals surface area contributed by atoms with Gasteiger partial charge in [-0.15, -0.1) is 0 Å². The molecule has 0 atom stereocenters. The fourth-order valence-electron chi connectivity index (χ4n) is 3.10. The van der Waals surface area contributed by atoms with Crippen LogP contribution in [0, 0.1) is 5.92 Å². The smallest absolute Gasteiger partial charge is 0.356 e. The first-order chi connectivity index (χ1) is 13.9. The van der Waals surface area contributed by atoms with E-state index in [1.165, 1.54) is 12.4 Å². The van der Waals surface area contributed by atoms with Gasteiger partial charge in [0.25, 0.3) is 5.91 Å². The van der Waals surface area contributed by atoms with Crippen LogP contribution < -0.4 is 10.2 Å². The molecule has 2 aromatic rings. The van der Waals surface area contributed by atoms with Crippen LogP contribution in [0.1, 0.15) is 41.3 Å². The Morgan fingerprint density at radius 2 is 1.53 bits per heavy atom. The van der Waals surface area contributed by atoms with Gasteiger partial charge in [-0.05, 0) is 37.0 Å². The van der Waals surface area contributed by atoms with Crippen molar-refractivity contribution in [3.8, 4) is 0 Å². The summed E-state index contributed by atoms with van der Waals surface area (Å²) in [6.07, 6.45) is -6.99. The Kier molecular flexibility index (Phi) is 5.91. The Hall–Kier alpha value is -2.85. The topological polar surface area (TPSA) is 58.1 Å². The molecule has 0 unspecified atom stereocenters. The lowest BCUT2D eigenvalue weighted by molar-refractivity contribution is -0.143. The van der Waals surface area contributed by atoms with Crippen LogP contribution in [0.15, 0.2) is 30.6 Å². The van der Waals surface area contributed by atoms with E-state index in [0.717, 1.165) is 25.9 Å². The van der Waals surface area contributed by atoms with Gasteiger partial charge in [-0.2, -0.15) is 26.3 Å². The molecule has 0 spiro atoms. The summed E-state index contributed by atoms with van der Waals surface area (Å²) in [5.74, 6) is -0.0590. The van der Waals surface area contributed by atoms with Crippen molar-refractivity contribution in [2.45, 2.75) is 32.1 Å². The van der Waals surface area contributed by atoms with E-state index in [2.05, 4.69) is 22.2 Å². The minimum absolute atomic E-state index is 0.0189. The monoisotopic (exact) mass is 432 g/mol. The predicted octanol–water partition coefficient (Wildman–Crippen LogP) is 5.00. The SMILES string of the molecule is CC1CCN(c2cc(NC(=O)c3cc(C(F)(F)F)cc(C(F)(F)F)c3)ncn2)CC1. The van der Waals surface area contributed by atoms with E-state index in [1.807, 2.05) is 4.90 Å². The maximum Gasteiger partial charge on any atom is 0.416 e. The van der Waals surface area contributed by atoms with E-state index in [0.29, 0.717) is 23.9 Å². The number of hydrogen-bond acceptors (Lipinski definition) is 4. The number of nitrogens with one attached hydrogen (secondary N) is 1. The molecule has 30 heavy (non-hydrogen) atoms. The van der Waals surface area contributed by atoms with Gasteiger partial charge in [0.15, 0.2) is 0 Å². The number of carbonyl (C=O) groups excluding carboxylic acids is 1. The fraction of sp³-hybridized carbons (Fsp3) is 0.421. The molecule has 5 nitrogen and oxygen atoms in total. The van der Waals surface area contributed by atoms with E-state index in [4.69, 9.17) is 0 Å². The Labute approximate surface area is 168 Å². The summed E-state index contributed by atoms with van der Waals surface area (Å²) in [5, 5.41) is 2.25. The third kappa shape index (κ3) is 5.19. The number of aromatic nitrogens is 2. The molecule has 162 valence electrons. The Morgan fingerprint density at radius 1 is 0.967 bits per heavy atom. The zero-order valence-corrected chi connectivity index (χ0v) is 15.8. The number of alkyl halides is 6. The van der Waals surface area contributed by atoms with Crippen LogP contribution in [0.3, 0.4) is 0 Å². The van der Waals surface area contributed by atoms with Crippen LogP contribution in [-0.2, 0) is 12.4 Å². The molecule has 1 N–H and O–H groups in total. The number of halogens is 6. The lowest BCUT2D eigenvalue weighted by Crippen LogP contribution is -2.33. The maximum absolute atomic E-state index is 13.0. The molecule has 1 aliphatic rings. The fourth-order valence-corrected chi connectivity index (χ4v) is 3.10. The Morgan fingerprint density at radius 3 is 2.07 bits per heavy atom. The summed E-state index contributed by atoms with van der Waals surface area (Å²) < 4.78 is 77.9. The number of carbonyl (C=O) groups is 1. The van der Waals surface area contributed by atoms with Crippen LogP contribution in [0.5, 0.6) is 0 Å². The minimum Gasteiger partial charge on any atom is -0.356 e. The third-order valence-electron chi connectivity index (χ3n) is 4.85. The highest BCUT2D eigenvalue weighted by molar-refractivity contribution is 6.04. The number of anilines is 2. The van der Waals surface area contributed by atoms with Crippen molar-refractivity contribution >= 4 is 17.5 Å². The zero-order chi connectivity index (χ0) is 22.1. The van der Waals surface area contributed by atoms with Gasteiger partial charge in [0.05, 0.1) is 11.1 Å². The molecule has 0 radical (unpaired) electrons. The molecule has 1 aromatic carbocycles. The standard InChI is InChI=1S/C19H18F6N4O/c1-11-2-4-29(5-3-11)16-9-15(26-10-27-16)28-17(30)12-6-13(18(20,21)22)8-14(7-12)19(23,24)25/h6-11H,2-5H2,1H3,(H,26,27,28,30). The van der Waals surface area contributed by atoms with Crippen LogP contribution >= 0.6 is 0 Å². The van der Waals surface area contributed by atoms with E-state index >= 15 is 0 Å². The number of piperidine rings is 1. The summed E-state index contributed by atoms with van der Waals surface area (Å²) in [7, 11) is 0. The van der Waals surface area contributed by atoms with Crippen LogP contribution in [-0.4, -0.2) is 29.0 Å². The summed E-state index contributed by atoms with van der Waals surface area (Å²) in [6, 6.07) is 2.15. The lowest BCUT2D eigenvalue weighted by atomic mass is 9.99. The number of rotatable bonds is 3. The van der Waals surface area contributed by atoms with Crippen molar-refractivity contribution in [2.24, 2.45) is 5.92 Å². The second kappa shape index (κ2) is 8.11. The van der Waals surface area contributed by atoms with Gasteiger partial charge in [-0.25, -0.2) is 9.97 Å². The van der Waals surface area contributed by atoms with Gasteiger partial charge in [-0.1, -0.05) is 6.92 Å². The highest BCUT2D eigenvalue weighted by Gasteiger charge is 2.37. The molecular weight excluding hydrogens is 414 g/mol. The average molecular weight is 432 g/mol. The number of amides is 1. The van der Waals surface area contributed by atoms with Crippen molar-refractivity contribution < 1.29 is 31.1 Å². The van der Waals surface area contributed by atoms with Gasteiger partial charge in [0.1, 0.15) is 18.0 Å². The van der Waals surface area contributed by atoms with E-state index < -0.39 is 35.0 Å². The molecular formula is C19H18F6N4O. The highest BCUT2D eigenvalue weighted by Crippen LogP contribution is 2.36. The molecule has 0 saturated carbocycles. The number of hydrogen-bond donors (Lipinski definition) is 1. The molecule has 1 aromatic heterocycles. The van der Waals surface area contributed by atoms with E-state index in [1.54, 1.807) is 0 Å². The first-order valence-electron chi connectivity index (χ1n) is 9.11. The molecule has 1 aliphatic heterocycles. The number of benzene rings is 1. The first kappa shape index (κ1) is 21.8. The van der Waals surface area contributed by atoms with Crippen LogP contribution in [0.2, 0.25) is 0 Å². The van der Waals surface area contributed by atoms with E-state index in [-0.39, 0.29) is 11.9 Å². The second-order valence-corrected chi connectivity index (χ2v) is 7.18. The summed E-state index contributed by atoms with van der Waals surface area (Å²) in [4.78, 5) is 22.3. The van der Waals surface area contributed by atoms with Crippen molar-refractivity contribution in [2.75, 3.05) is 23.3 Å². The maximum atomic E-state index is 13.0. The Balaban J connectivity index is 1.85. The molecule has 1 saturated heterocycles. The van der Waals surface area contributed by atoms with Gasteiger partial charge in [0, 0.05) is 24.7 Å². The minimum atomic E-state index is -5.04. The Bertz CT molecular complexity index is 888. The molecule has 1 fully saturated rings. The van der Waals surface area contributed by atoms with Crippen molar-refractivity contribution in [3.05, 3.63) is 47.3 Å². The van der Waals surface area contributed by atoms with Gasteiger partial charge in [-0.3, -0.25) is 4.79 Å². The molecule has 0 bridgehead atoms. The molecule has 3 rings (SSSR count). The largest absolute Gasteiger partial charge is 0.416 e. The zero-order valence-electron chi connectivity index (χ0n) is 15.8. The van der Waals surface area contributed by atoms with Gasteiger partial charge in [0.2, 0.25) is 0 Å². The van der Waals surface area contributed by atoms with Gasteiger partial charge < -0.3 is 10.2 Å². The molecule has 1 amide bonds. The molecule has 2 heterocycles. The summed E-state index contributed by atoms with van der Waals surface area (Å²) in [5.41, 5.74) is -3.90. The average Bonchev–Trinajstić information content (AvgIpc) is 2.67. The number of nitrogens with zero attached hydrogens (tertiary/aromatic N) is 3. The van der Waals surface area contributed by atoms with Crippen molar-refractivity contribution in [3.63, 3.8) is 0 Å². The third-order valence-corrected chi connectivity index (χ3v) is 4.85. The lowest BCUT2D eigenvalue weighted by Gasteiger charge is -2.31. The first-order valence-corrected chi connectivity index (χ1v) is 9.11. The molecule has 0 aliphatic carbocycles. The normalized spacial score (nSPS) is 15.9. The quantitative estimate of drug-likeness (QED) is 0.694. The van der Waals surface area contributed by atoms with Gasteiger partial charge >= 0.3 is 12.4 Å². The van der Waals surface area contributed by atoms with Crippen molar-refractivity contribution in [1.29, 1.82) is 0 Å². The van der Waals surface area contributed by atoms with Crippen LogP contribution in [0.25, 0.3) is 0 Å². The molecule has 11 heteroatoms. The van der Waals surface area contributed by atoms with Crippen LogP contribution in [0.4, 0.5) is 38.0 Å². The summed E-state index contributed by atoms with van der Waals surface area (Å²) in [6.45, 7) is 3.62. The summed E-state index contributed by atoms with van der Waals surface area (Å²) >= 11 is 0. The van der Waals surface area contributed by atoms with Crippen molar-refractivity contribution in [1.82, 2.24) is 9.97 Å².